The molecule has 144 valence electrons. The first-order valence-electron chi connectivity index (χ1n) is 8.42. The van der Waals surface area contributed by atoms with Crippen LogP contribution in [-0.4, -0.2) is 57.8 Å². The van der Waals surface area contributed by atoms with Crippen LogP contribution in [0.2, 0.25) is 0 Å². The predicted molar refractivity (Wildman–Crippen MR) is 99.1 cm³/mol. The number of piperidine rings is 1. The summed E-state index contributed by atoms with van der Waals surface area (Å²) in [6, 6.07) is 1.61. The molecule has 0 aliphatic carbocycles. The predicted octanol–water partition coefficient (Wildman–Crippen LogP) is 2.89. The second-order valence-electron chi connectivity index (χ2n) is 5.85. The van der Waals surface area contributed by atoms with Crippen molar-refractivity contribution >= 4 is 27.8 Å². The van der Waals surface area contributed by atoms with Crippen LogP contribution in [0.25, 0.3) is 0 Å². The molecule has 26 heavy (non-hydrogen) atoms. The molecule has 1 saturated heterocycles. The van der Waals surface area contributed by atoms with Crippen LogP contribution in [-0.2, 0) is 9.53 Å². The van der Waals surface area contributed by atoms with Crippen LogP contribution in [0, 0.1) is 5.92 Å². The van der Waals surface area contributed by atoms with E-state index in [1.165, 1.54) is 21.3 Å². The number of hydrogen-bond donors (Lipinski definition) is 0. The molecule has 0 saturated carbocycles. The second-order valence-corrected chi connectivity index (χ2v) is 6.64. The van der Waals surface area contributed by atoms with E-state index in [9.17, 15) is 9.59 Å². The Morgan fingerprint density at radius 2 is 1.88 bits per heavy atom. The zero-order valence-corrected chi connectivity index (χ0v) is 17.1. The summed E-state index contributed by atoms with van der Waals surface area (Å²) >= 11 is 3.43. The van der Waals surface area contributed by atoms with Crippen molar-refractivity contribution in [1.29, 1.82) is 0 Å². The number of ether oxygens (including phenoxy) is 4. The maximum absolute atomic E-state index is 13.1. The number of carbonyl (C=O) groups is 2. The van der Waals surface area contributed by atoms with Gasteiger partial charge in [0.15, 0.2) is 11.5 Å². The molecule has 0 spiro atoms. The number of likely N-dealkylation sites (tertiary alicyclic amines) is 1. The van der Waals surface area contributed by atoms with E-state index in [0.717, 1.165) is 12.8 Å². The molecule has 7 nitrogen and oxygen atoms in total. The molecule has 0 aromatic heterocycles. The summed E-state index contributed by atoms with van der Waals surface area (Å²) in [5, 5.41) is 0. The third-order valence-corrected chi connectivity index (χ3v) is 5.12. The van der Waals surface area contributed by atoms with Crippen molar-refractivity contribution in [2.24, 2.45) is 5.92 Å². The van der Waals surface area contributed by atoms with E-state index >= 15 is 0 Å². The van der Waals surface area contributed by atoms with E-state index in [4.69, 9.17) is 18.9 Å². The number of rotatable bonds is 6. The monoisotopic (exact) mass is 429 g/mol. The van der Waals surface area contributed by atoms with E-state index < -0.39 is 0 Å². The van der Waals surface area contributed by atoms with Crippen molar-refractivity contribution < 1.29 is 28.5 Å². The average Bonchev–Trinajstić information content (AvgIpc) is 2.67. The fraction of sp³-hybridized carbons (Fsp3) is 0.556. The number of carbonyl (C=O) groups excluding carboxylic acids is 2. The van der Waals surface area contributed by atoms with Crippen LogP contribution < -0.4 is 14.2 Å². The van der Waals surface area contributed by atoms with Gasteiger partial charge in [-0.25, -0.2) is 0 Å². The molecule has 1 aliphatic heterocycles. The van der Waals surface area contributed by atoms with Crippen LogP contribution in [0.1, 0.15) is 30.1 Å². The first-order valence-corrected chi connectivity index (χ1v) is 9.22. The molecule has 0 radical (unpaired) electrons. The first-order chi connectivity index (χ1) is 12.5. The fourth-order valence-electron chi connectivity index (χ4n) is 3.06. The third-order valence-electron chi connectivity index (χ3n) is 4.33. The van der Waals surface area contributed by atoms with Crippen molar-refractivity contribution in [1.82, 2.24) is 4.90 Å². The number of amides is 1. The molecule has 1 amide bonds. The highest BCUT2D eigenvalue weighted by atomic mass is 79.9. The molecule has 1 aromatic carbocycles. The van der Waals surface area contributed by atoms with Gasteiger partial charge >= 0.3 is 5.97 Å². The van der Waals surface area contributed by atoms with E-state index in [0.29, 0.717) is 47.0 Å². The molecule has 0 N–H and O–H groups in total. The standard InChI is InChI=1S/C18H24BrNO6/c1-5-26-18(22)11-7-6-8-20(10-11)17(21)12-9-13(23-2)15(24-3)16(25-4)14(12)19/h9,11H,5-8,10H2,1-4H3. The lowest BCUT2D eigenvalue weighted by Gasteiger charge is -2.32. The van der Waals surface area contributed by atoms with Gasteiger partial charge in [-0.1, -0.05) is 0 Å². The Morgan fingerprint density at radius 1 is 1.19 bits per heavy atom. The average molecular weight is 430 g/mol. The lowest BCUT2D eigenvalue weighted by atomic mass is 9.97. The third kappa shape index (κ3) is 4.06. The van der Waals surface area contributed by atoms with Gasteiger partial charge in [0.25, 0.3) is 5.91 Å². The number of benzene rings is 1. The summed E-state index contributed by atoms with van der Waals surface area (Å²) in [5.41, 5.74) is 0.393. The molecule has 2 rings (SSSR count). The summed E-state index contributed by atoms with van der Waals surface area (Å²) in [4.78, 5) is 26.8. The zero-order chi connectivity index (χ0) is 19.3. The first kappa shape index (κ1) is 20.4. The van der Waals surface area contributed by atoms with E-state index in [-0.39, 0.29) is 17.8 Å². The van der Waals surface area contributed by atoms with Crippen molar-refractivity contribution in [3.05, 3.63) is 16.1 Å². The highest BCUT2D eigenvalue weighted by molar-refractivity contribution is 9.10. The lowest BCUT2D eigenvalue weighted by Crippen LogP contribution is -2.43. The molecule has 8 heteroatoms. The van der Waals surface area contributed by atoms with Crippen LogP contribution >= 0.6 is 15.9 Å². The van der Waals surface area contributed by atoms with Gasteiger partial charge in [0.1, 0.15) is 0 Å². The quantitative estimate of drug-likeness (QED) is 0.647. The van der Waals surface area contributed by atoms with Gasteiger partial charge in [0.2, 0.25) is 5.75 Å². The van der Waals surface area contributed by atoms with Crippen molar-refractivity contribution in [3.63, 3.8) is 0 Å². The van der Waals surface area contributed by atoms with Crippen LogP contribution in [0.15, 0.2) is 10.5 Å². The van der Waals surface area contributed by atoms with Gasteiger partial charge < -0.3 is 23.8 Å². The maximum atomic E-state index is 13.1. The fourth-order valence-corrected chi connectivity index (χ4v) is 3.69. The Bertz CT molecular complexity index is 678. The second kappa shape index (κ2) is 9.12. The van der Waals surface area contributed by atoms with Crippen molar-refractivity contribution in [2.75, 3.05) is 41.0 Å². The lowest BCUT2D eigenvalue weighted by molar-refractivity contribution is -0.149. The minimum atomic E-state index is -0.298. The maximum Gasteiger partial charge on any atom is 0.310 e. The van der Waals surface area contributed by atoms with E-state index in [1.54, 1.807) is 17.9 Å². The Hall–Kier alpha value is -1.96. The minimum absolute atomic E-state index is 0.204. The molecule has 1 atom stereocenters. The molecular weight excluding hydrogens is 406 g/mol. The van der Waals surface area contributed by atoms with Crippen LogP contribution in [0.4, 0.5) is 0 Å². The highest BCUT2D eigenvalue weighted by Gasteiger charge is 2.32. The van der Waals surface area contributed by atoms with Gasteiger partial charge in [-0.15, -0.1) is 0 Å². The molecule has 1 fully saturated rings. The number of halogens is 1. The summed E-state index contributed by atoms with van der Waals surface area (Å²) < 4.78 is 21.6. The van der Waals surface area contributed by atoms with Gasteiger partial charge in [-0.3, -0.25) is 9.59 Å². The molecule has 0 bridgehead atoms. The smallest absolute Gasteiger partial charge is 0.310 e. The van der Waals surface area contributed by atoms with Gasteiger partial charge in [0.05, 0.1) is 43.9 Å². The topological polar surface area (TPSA) is 74.3 Å². The Labute approximate surface area is 161 Å². The van der Waals surface area contributed by atoms with Gasteiger partial charge in [0, 0.05) is 13.1 Å². The number of hydrogen-bond acceptors (Lipinski definition) is 6. The number of esters is 1. The molecule has 1 unspecified atom stereocenters. The summed E-state index contributed by atoms with van der Waals surface area (Å²) in [6.07, 6.45) is 1.47. The molecular formula is C18H24BrNO6. The Kier molecular flexibility index (Phi) is 7.14. The molecule has 1 heterocycles. The Balaban J connectivity index is 2.32. The van der Waals surface area contributed by atoms with Gasteiger partial charge in [-0.05, 0) is 41.8 Å². The molecule has 1 aromatic rings. The summed E-state index contributed by atoms with van der Waals surface area (Å²) in [7, 11) is 4.49. The summed E-state index contributed by atoms with van der Waals surface area (Å²) in [5.74, 6) is 0.429. The van der Waals surface area contributed by atoms with E-state index in [1.807, 2.05) is 0 Å². The zero-order valence-electron chi connectivity index (χ0n) is 15.5. The highest BCUT2D eigenvalue weighted by Crippen LogP contribution is 2.45. The van der Waals surface area contributed by atoms with Crippen molar-refractivity contribution in [3.8, 4) is 17.2 Å². The summed E-state index contributed by atoms with van der Waals surface area (Å²) in [6.45, 7) is 3.02. The minimum Gasteiger partial charge on any atom is -0.493 e. The molecule has 1 aliphatic rings. The van der Waals surface area contributed by atoms with Crippen molar-refractivity contribution in [2.45, 2.75) is 19.8 Å². The SMILES string of the molecule is CCOC(=O)C1CCCN(C(=O)c2cc(OC)c(OC)c(OC)c2Br)C1. The largest absolute Gasteiger partial charge is 0.493 e. The Morgan fingerprint density at radius 3 is 2.46 bits per heavy atom. The normalized spacial score (nSPS) is 16.8. The van der Waals surface area contributed by atoms with Crippen LogP contribution in [0.3, 0.4) is 0 Å². The van der Waals surface area contributed by atoms with E-state index in [2.05, 4.69) is 15.9 Å². The number of methoxy groups -OCH3 is 3. The van der Waals surface area contributed by atoms with Gasteiger partial charge in [-0.2, -0.15) is 0 Å². The van der Waals surface area contributed by atoms with Crippen LogP contribution in [0.5, 0.6) is 17.2 Å². The number of nitrogens with zero attached hydrogens (tertiary/aromatic N) is 1.